The lowest BCUT2D eigenvalue weighted by Gasteiger charge is -2.20. The smallest absolute Gasteiger partial charge is 0.225 e. The number of thiophene rings is 1. The van der Waals surface area contributed by atoms with Crippen molar-refractivity contribution in [2.45, 2.75) is 32.1 Å². The fraction of sp³-hybridized carbons (Fsp3) is 0.600. The van der Waals surface area contributed by atoms with Crippen molar-refractivity contribution in [1.82, 2.24) is 10.2 Å². The number of likely N-dealkylation sites (tertiary alicyclic amines) is 1. The standard InChI is InChI=1S/C15H22N2O2S2/c1-11(2)17-8-13(7-14(17)18)15(19)16-4-6-21-10-12-3-5-20-9-12/h3,5,9,11,13H,4,6-8,10H2,1-2H3,(H,16,19). The number of amides is 2. The van der Waals surface area contributed by atoms with E-state index in [0.29, 0.717) is 19.5 Å². The molecule has 0 spiro atoms. The predicted octanol–water partition coefficient (Wildman–Crippen LogP) is 2.35. The first-order valence-electron chi connectivity index (χ1n) is 7.24. The van der Waals surface area contributed by atoms with Gasteiger partial charge >= 0.3 is 0 Å². The summed E-state index contributed by atoms with van der Waals surface area (Å²) in [5, 5.41) is 7.18. The summed E-state index contributed by atoms with van der Waals surface area (Å²) in [6.07, 6.45) is 0.353. The summed E-state index contributed by atoms with van der Waals surface area (Å²) in [4.78, 5) is 25.6. The molecule has 0 saturated carbocycles. The summed E-state index contributed by atoms with van der Waals surface area (Å²) in [5.41, 5.74) is 1.34. The van der Waals surface area contributed by atoms with E-state index in [1.165, 1.54) is 5.56 Å². The number of nitrogens with zero attached hydrogens (tertiary/aromatic N) is 1. The maximum Gasteiger partial charge on any atom is 0.225 e. The minimum atomic E-state index is -0.179. The Kier molecular flexibility index (Phi) is 6.11. The maximum atomic E-state index is 12.1. The van der Waals surface area contributed by atoms with Gasteiger partial charge in [0.1, 0.15) is 0 Å². The lowest BCUT2D eigenvalue weighted by molar-refractivity contribution is -0.129. The van der Waals surface area contributed by atoms with E-state index in [1.807, 2.05) is 25.6 Å². The van der Waals surface area contributed by atoms with Crippen molar-refractivity contribution in [1.29, 1.82) is 0 Å². The number of hydrogen-bond acceptors (Lipinski definition) is 4. The molecule has 21 heavy (non-hydrogen) atoms. The molecule has 6 heteroatoms. The van der Waals surface area contributed by atoms with Crippen molar-refractivity contribution < 1.29 is 9.59 Å². The van der Waals surface area contributed by atoms with Crippen molar-refractivity contribution in [2.75, 3.05) is 18.8 Å². The van der Waals surface area contributed by atoms with Gasteiger partial charge in [-0.05, 0) is 36.2 Å². The van der Waals surface area contributed by atoms with Crippen LogP contribution in [0.2, 0.25) is 0 Å². The van der Waals surface area contributed by atoms with Crippen molar-refractivity contribution in [3.8, 4) is 0 Å². The number of carbonyl (C=O) groups excluding carboxylic acids is 2. The molecule has 1 atom stereocenters. The Hall–Kier alpha value is -1.01. The number of hydrogen-bond donors (Lipinski definition) is 1. The summed E-state index contributed by atoms with van der Waals surface area (Å²) in [7, 11) is 0. The first-order valence-corrected chi connectivity index (χ1v) is 9.33. The van der Waals surface area contributed by atoms with Crippen LogP contribution in [-0.4, -0.2) is 41.6 Å². The number of thioether (sulfide) groups is 1. The van der Waals surface area contributed by atoms with Gasteiger partial charge in [-0.3, -0.25) is 9.59 Å². The lowest BCUT2D eigenvalue weighted by Crippen LogP contribution is -2.36. The molecule has 0 radical (unpaired) electrons. The minimum Gasteiger partial charge on any atom is -0.355 e. The normalized spacial score (nSPS) is 18.5. The molecular weight excluding hydrogens is 304 g/mol. The van der Waals surface area contributed by atoms with Gasteiger partial charge in [0.05, 0.1) is 5.92 Å². The van der Waals surface area contributed by atoms with Crippen LogP contribution in [0.25, 0.3) is 0 Å². The van der Waals surface area contributed by atoms with Crippen molar-refractivity contribution in [3.63, 3.8) is 0 Å². The van der Waals surface area contributed by atoms with Gasteiger partial charge in [-0.25, -0.2) is 0 Å². The van der Waals surface area contributed by atoms with Crippen molar-refractivity contribution in [3.05, 3.63) is 22.4 Å². The van der Waals surface area contributed by atoms with E-state index in [0.717, 1.165) is 11.5 Å². The summed E-state index contributed by atoms with van der Waals surface area (Å²) < 4.78 is 0. The molecule has 1 aliphatic rings. The van der Waals surface area contributed by atoms with Gasteiger partial charge in [0.2, 0.25) is 11.8 Å². The largest absolute Gasteiger partial charge is 0.355 e. The molecule has 0 aromatic carbocycles. The van der Waals surface area contributed by atoms with E-state index in [-0.39, 0.29) is 23.8 Å². The molecule has 1 aliphatic heterocycles. The molecule has 1 saturated heterocycles. The number of nitrogens with one attached hydrogen (secondary N) is 1. The summed E-state index contributed by atoms with van der Waals surface area (Å²) in [6.45, 7) is 5.20. The van der Waals surface area contributed by atoms with Crippen LogP contribution in [0.4, 0.5) is 0 Å². The molecule has 0 bridgehead atoms. The van der Waals surface area contributed by atoms with Crippen LogP contribution in [0, 0.1) is 5.92 Å². The Morgan fingerprint density at radius 1 is 1.57 bits per heavy atom. The first kappa shape index (κ1) is 16.4. The summed E-state index contributed by atoms with van der Waals surface area (Å²) >= 11 is 3.52. The fourth-order valence-electron chi connectivity index (χ4n) is 2.36. The average Bonchev–Trinajstić information content (AvgIpc) is 3.07. The second-order valence-electron chi connectivity index (χ2n) is 5.52. The highest BCUT2D eigenvalue weighted by Crippen LogP contribution is 2.20. The van der Waals surface area contributed by atoms with Gasteiger partial charge in [0.25, 0.3) is 0 Å². The molecule has 1 unspecified atom stereocenters. The van der Waals surface area contributed by atoms with Gasteiger partial charge < -0.3 is 10.2 Å². The Labute approximate surface area is 134 Å². The van der Waals surface area contributed by atoms with Crippen LogP contribution in [0.3, 0.4) is 0 Å². The lowest BCUT2D eigenvalue weighted by atomic mass is 10.1. The molecule has 0 aliphatic carbocycles. The highest BCUT2D eigenvalue weighted by Gasteiger charge is 2.35. The molecule has 4 nitrogen and oxygen atoms in total. The van der Waals surface area contributed by atoms with E-state index < -0.39 is 0 Å². The highest BCUT2D eigenvalue weighted by molar-refractivity contribution is 7.98. The van der Waals surface area contributed by atoms with E-state index in [9.17, 15) is 9.59 Å². The zero-order chi connectivity index (χ0) is 15.2. The van der Waals surface area contributed by atoms with E-state index in [2.05, 4.69) is 22.1 Å². The molecule has 2 heterocycles. The van der Waals surface area contributed by atoms with Gasteiger partial charge in [0.15, 0.2) is 0 Å². The van der Waals surface area contributed by atoms with Crippen molar-refractivity contribution >= 4 is 34.9 Å². The molecule has 1 aromatic rings. The fourth-order valence-corrected chi connectivity index (χ4v) is 3.94. The van der Waals surface area contributed by atoms with Gasteiger partial charge in [0, 0.05) is 37.1 Å². The topological polar surface area (TPSA) is 49.4 Å². The van der Waals surface area contributed by atoms with Crippen LogP contribution in [0.1, 0.15) is 25.8 Å². The Morgan fingerprint density at radius 2 is 2.38 bits per heavy atom. The van der Waals surface area contributed by atoms with Gasteiger partial charge in [-0.2, -0.15) is 23.1 Å². The van der Waals surface area contributed by atoms with Gasteiger partial charge in [-0.15, -0.1) is 0 Å². The van der Waals surface area contributed by atoms with E-state index in [1.54, 1.807) is 16.2 Å². The molecule has 1 aromatic heterocycles. The van der Waals surface area contributed by atoms with Crippen LogP contribution in [-0.2, 0) is 15.3 Å². The first-order chi connectivity index (χ1) is 10.1. The Bertz CT molecular complexity index is 474. The molecule has 2 rings (SSSR count). The van der Waals surface area contributed by atoms with Crippen LogP contribution >= 0.6 is 23.1 Å². The highest BCUT2D eigenvalue weighted by atomic mass is 32.2. The molecule has 116 valence electrons. The van der Waals surface area contributed by atoms with Crippen LogP contribution < -0.4 is 5.32 Å². The second-order valence-corrected chi connectivity index (χ2v) is 7.40. The Morgan fingerprint density at radius 3 is 3.00 bits per heavy atom. The Balaban J connectivity index is 1.63. The minimum absolute atomic E-state index is 0.0163. The SMILES string of the molecule is CC(C)N1CC(C(=O)NCCSCc2ccsc2)CC1=O. The summed E-state index contributed by atoms with van der Waals surface area (Å²) in [5.74, 6) is 1.82. The quantitative estimate of drug-likeness (QED) is 0.783. The molecule has 2 amide bonds. The number of rotatable bonds is 7. The molecule has 1 N–H and O–H groups in total. The number of carbonyl (C=O) groups is 2. The van der Waals surface area contributed by atoms with Gasteiger partial charge in [-0.1, -0.05) is 0 Å². The van der Waals surface area contributed by atoms with Crippen LogP contribution in [0.15, 0.2) is 16.8 Å². The summed E-state index contributed by atoms with van der Waals surface area (Å²) in [6, 6.07) is 2.30. The predicted molar refractivity (Wildman–Crippen MR) is 88.4 cm³/mol. The molecular formula is C15H22N2O2S2. The third-order valence-electron chi connectivity index (χ3n) is 3.55. The zero-order valence-corrected chi connectivity index (χ0v) is 14.1. The molecule has 1 fully saturated rings. The monoisotopic (exact) mass is 326 g/mol. The third-order valence-corrected chi connectivity index (χ3v) is 5.31. The second kappa shape index (κ2) is 7.84. The van der Waals surface area contributed by atoms with E-state index >= 15 is 0 Å². The third kappa shape index (κ3) is 4.74. The maximum absolute atomic E-state index is 12.1. The van der Waals surface area contributed by atoms with Crippen molar-refractivity contribution in [2.24, 2.45) is 5.92 Å². The zero-order valence-electron chi connectivity index (χ0n) is 12.5. The van der Waals surface area contributed by atoms with Crippen LogP contribution in [0.5, 0.6) is 0 Å². The van der Waals surface area contributed by atoms with E-state index in [4.69, 9.17) is 0 Å². The average molecular weight is 326 g/mol.